The predicted molar refractivity (Wildman–Crippen MR) is 142 cm³/mol. The Bertz CT molecular complexity index is 1480. The van der Waals surface area contributed by atoms with Gasteiger partial charge in [-0.05, 0) is 48.4 Å². The number of nitrogens with zero attached hydrogens (tertiary/aromatic N) is 5. The molecule has 5 rings (SSSR count). The van der Waals surface area contributed by atoms with E-state index in [0.717, 1.165) is 6.92 Å². The minimum Gasteiger partial charge on any atom is -0.480 e. The Hall–Kier alpha value is -4.55. The van der Waals surface area contributed by atoms with E-state index >= 15 is 0 Å². The Balaban J connectivity index is 1.51. The van der Waals surface area contributed by atoms with Crippen LogP contribution in [0.25, 0.3) is 22.0 Å². The molecule has 3 heterocycles. The molecule has 1 fully saturated rings. The molecule has 1 aliphatic rings. The second kappa shape index (κ2) is 10.3. The van der Waals surface area contributed by atoms with Crippen molar-refractivity contribution in [2.45, 2.75) is 19.2 Å². The molecule has 1 saturated heterocycles. The van der Waals surface area contributed by atoms with Crippen molar-refractivity contribution >= 4 is 34.3 Å². The molecular formula is C26H27F3N8O2. The minimum absolute atomic E-state index is 0.0352. The standard InChI is InChI=1S/C26H27F3N8O2/c1-15(26(27,28)29)39-21-14-17(12-19-22(21)23(30)35-34-19)16-4-5-18(24(38)31-2)20(13-16)36-8-10-37(11-9-36)25-32-6-3-7-33-25/h3-7,12-15H,8-11H2,1-2H3,(H,31,38)(H3,30,34,35)/t15-/m0/s1. The number of H-pyrrole nitrogens is 1. The first-order valence-corrected chi connectivity index (χ1v) is 12.3. The summed E-state index contributed by atoms with van der Waals surface area (Å²) in [5, 5.41) is 9.66. The number of alkyl halides is 3. The summed E-state index contributed by atoms with van der Waals surface area (Å²) in [6.07, 6.45) is -3.23. The number of rotatable bonds is 6. The van der Waals surface area contributed by atoms with Crippen LogP contribution in [0.2, 0.25) is 0 Å². The van der Waals surface area contributed by atoms with Gasteiger partial charge in [-0.2, -0.15) is 18.3 Å². The largest absolute Gasteiger partial charge is 0.480 e. The number of nitrogen functional groups attached to an aromatic ring is 1. The zero-order valence-corrected chi connectivity index (χ0v) is 21.3. The first kappa shape index (κ1) is 26.1. The fraction of sp³-hybridized carbons (Fsp3) is 0.308. The number of hydrogen-bond donors (Lipinski definition) is 3. The third-order valence-electron chi connectivity index (χ3n) is 6.68. The quantitative estimate of drug-likeness (QED) is 0.339. The second-order valence-electron chi connectivity index (χ2n) is 9.14. The van der Waals surface area contributed by atoms with Crippen molar-refractivity contribution in [3.05, 3.63) is 54.4 Å². The molecule has 1 aliphatic heterocycles. The molecule has 0 unspecified atom stereocenters. The SMILES string of the molecule is CNC(=O)c1ccc(-c2cc(O[C@@H](C)C(F)(F)F)c3c(N)n[nH]c3c2)cc1N1CCN(c2ncccn2)CC1. The number of aromatic nitrogens is 4. The zero-order valence-electron chi connectivity index (χ0n) is 21.3. The van der Waals surface area contributed by atoms with Crippen LogP contribution in [0.4, 0.5) is 30.6 Å². The van der Waals surface area contributed by atoms with Crippen molar-refractivity contribution < 1.29 is 22.7 Å². The van der Waals surface area contributed by atoms with Crippen LogP contribution < -0.4 is 25.6 Å². The van der Waals surface area contributed by atoms with Crippen molar-refractivity contribution in [3.63, 3.8) is 0 Å². The summed E-state index contributed by atoms with van der Waals surface area (Å²) in [6.45, 7) is 3.45. The number of carbonyl (C=O) groups is 1. The van der Waals surface area contributed by atoms with Crippen molar-refractivity contribution in [1.82, 2.24) is 25.5 Å². The van der Waals surface area contributed by atoms with Crippen LogP contribution in [0, 0.1) is 0 Å². The fourth-order valence-electron chi connectivity index (χ4n) is 4.56. The second-order valence-corrected chi connectivity index (χ2v) is 9.14. The molecule has 10 nitrogen and oxygen atoms in total. The van der Waals surface area contributed by atoms with Gasteiger partial charge in [0.25, 0.3) is 5.91 Å². The van der Waals surface area contributed by atoms with Crippen LogP contribution in [0.1, 0.15) is 17.3 Å². The lowest BCUT2D eigenvalue weighted by molar-refractivity contribution is -0.188. The number of anilines is 3. The molecule has 2 aromatic heterocycles. The molecule has 0 radical (unpaired) electrons. The lowest BCUT2D eigenvalue weighted by Gasteiger charge is -2.37. The van der Waals surface area contributed by atoms with Gasteiger partial charge in [0.2, 0.25) is 5.95 Å². The molecule has 1 atom stereocenters. The number of amides is 1. The van der Waals surface area contributed by atoms with Gasteiger partial charge in [-0.15, -0.1) is 0 Å². The number of hydrogen-bond acceptors (Lipinski definition) is 8. The van der Waals surface area contributed by atoms with E-state index in [-0.39, 0.29) is 22.9 Å². The summed E-state index contributed by atoms with van der Waals surface area (Å²) in [7, 11) is 1.56. The number of piperazine rings is 1. The molecule has 4 N–H and O–H groups in total. The number of carbonyl (C=O) groups excluding carboxylic acids is 1. The topological polar surface area (TPSA) is 125 Å². The maximum absolute atomic E-state index is 13.3. The monoisotopic (exact) mass is 540 g/mol. The van der Waals surface area contributed by atoms with Crippen LogP contribution >= 0.6 is 0 Å². The van der Waals surface area contributed by atoms with Gasteiger partial charge in [-0.3, -0.25) is 9.89 Å². The van der Waals surface area contributed by atoms with Gasteiger partial charge in [0.15, 0.2) is 11.9 Å². The van der Waals surface area contributed by atoms with Gasteiger partial charge >= 0.3 is 6.18 Å². The lowest BCUT2D eigenvalue weighted by Crippen LogP contribution is -2.47. The highest BCUT2D eigenvalue weighted by molar-refractivity contribution is 6.01. The average Bonchev–Trinajstić information content (AvgIpc) is 3.33. The van der Waals surface area contributed by atoms with Crippen molar-refractivity contribution in [2.75, 3.05) is 48.8 Å². The minimum atomic E-state index is -4.56. The zero-order chi connectivity index (χ0) is 27.7. The molecule has 204 valence electrons. The third kappa shape index (κ3) is 5.24. The fourth-order valence-corrected chi connectivity index (χ4v) is 4.56. The summed E-state index contributed by atoms with van der Waals surface area (Å²) in [6, 6.07) is 10.3. The van der Waals surface area contributed by atoms with E-state index in [1.165, 1.54) is 6.07 Å². The summed E-state index contributed by atoms with van der Waals surface area (Å²) in [5.41, 5.74) is 8.82. The van der Waals surface area contributed by atoms with Crippen molar-refractivity contribution in [1.29, 1.82) is 0 Å². The summed E-state index contributed by atoms with van der Waals surface area (Å²) >= 11 is 0. The molecule has 0 saturated carbocycles. The predicted octanol–water partition coefficient (Wildman–Crippen LogP) is 3.62. The number of benzene rings is 2. The van der Waals surface area contributed by atoms with E-state index in [4.69, 9.17) is 10.5 Å². The Morgan fingerprint density at radius 2 is 1.77 bits per heavy atom. The van der Waals surface area contributed by atoms with E-state index in [1.807, 2.05) is 6.07 Å². The number of nitrogens with two attached hydrogens (primary N) is 1. The normalized spacial score (nSPS) is 14.9. The summed E-state index contributed by atoms with van der Waals surface area (Å²) < 4.78 is 45.2. The summed E-state index contributed by atoms with van der Waals surface area (Å²) in [4.78, 5) is 25.5. The van der Waals surface area contributed by atoms with Crippen molar-refractivity contribution in [2.24, 2.45) is 0 Å². The number of aromatic amines is 1. The first-order valence-electron chi connectivity index (χ1n) is 12.3. The van der Waals surface area contributed by atoms with E-state index in [0.29, 0.717) is 60.0 Å². The molecular weight excluding hydrogens is 513 g/mol. The Kier molecular flexibility index (Phi) is 6.89. The highest BCUT2D eigenvalue weighted by Crippen LogP contribution is 2.38. The number of nitrogens with one attached hydrogen (secondary N) is 2. The van der Waals surface area contributed by atoms with Crippen LogP contribution in [0.15, 0.2) is 48.8 Å². The molecule has 0 spiro atoms. The van der Waals surface area contributed by atoms with Crippen LogP contribution in [0.3, 0.4) is 0 Å². The van der Waals surface area contributed by atoms with Gasteiger partial charge in [0.05, 0.1) is 22.2 Å². The number of halogens is 3. The van der Waals surface area contributed by atoms with E-state index in [2.05, 4.69) is 35.3 Å². The van der Waals surface area contributed by atoms with Gasteiger partial charge in [-0.1, -0.05) is 6.07 Å². The van der Waals surface area contributed by atoms with Gasteiger partial charge in [0, 0.05) is 45.6 Å². The van der Waals surface area contributed by atoms with E-state index in [1.54, 1.807) is 43.7 Å². The number of fused-ring (bicyclic) bond motifs is 1. The van der Waals surface area contributed by atoms with E-state index < -0.39 is 12.3 Å². The maximum atomic E-state index is 13.3. The molecule has 39 heavy (non-hydrogen) atoms. The number of ether oxygens (including phenoxy) is 1. The van der Waals surface area contributed by atoms with Crippen LogP contribution in [-0.4, -0.2) is 71.6 Å². The summed E-state index contributed by atoms with van der Waals surface area (Å²) in [5.74, 6) is 0.402. The maximum Gasteiger partial charge on any atom is 0.425 e. The van der Waals surface area contributed by atoms with Gasteiger partial charge in [0.1, 0.15) is 5.75 Å². The first-order chi connectivity index (χ1) is 18.7. The Labute approximate surface area is 222 Å². The van der Waals surface area contributed by atoms with Crippen LogP contribution in [0.5, 0.6) is 5.75 Å². The Morgan fingerprint density at radius 1 is 1.08 bits per heavy atom. The molecule has 13 heteroatoms. The van der Waals surface area contributed by atoms with E-state index in [9.17, 15) is 18.0 Å². The van der Waals surface area contributed by atoms with Crippen LogP contribution in [-0.2, 0) is 0 Å². The van der Waals surface area contributed by atoms with Gasteiger partial charge < -0.3 is 25.6 Å². The highest BCUT2D eigenvalue weighted by Gasteiger charge is 2.38. The van der Waals surface area contributed by atoms with Gasteiger partial charge in [-0.25, -0.2) is 9.97 Å². The lowest BCUT2D eigenvalue weighted by atomic mass is 9.99. The smallest absolute Gasteiger partial charge is 0.425 e. The third-order valence-corrected chi connectivity index (χ3v) is 6.68. The molecule has 4 aromatic rings. The molecule has 0 bridgehead atoms. The highest BCUT2D eigenvalue weighted by atomic mass is 19.4. The Morgan fingerprint density at radius 3 is 2.44 bits per heavy atom. The van der Waals surface area contributed by atoms with Crippen molar-refractivity contribution in [3.8, 4) is 16.9 Å². The average molecular weight is 541 g/mol. The molecule has 0 aliphatic carbocycles. The molecule has 1 amide bonds. The molecule has 2 aromatic carbocycles.